The van der Waals surface area contributed by atoms with Crippen LogP contribution in [0.2, 0.25) is 0 Å². The Morgan fingerprint density at radius 1 is 1.12 bits per heavy atom. The second-order valence-corrected chi connectivity index (χ2v) is 7.46. The van der Waals surface area contributed by atoms with Gasteiger partial charge in [0.1, 0.15) is 5.69 Å². The molecule has 1 fully saturated rings. The van der Waals surface area contributed by atoms with Crippen LogP contribution in [-0.4, -0.2) is 56.5 Å². The Morgan fingerprint density at radius 3 is 2.59 bits per heavy atom. The van der Waals surface area contributed by atoms with Crippen LogP contribution in [0.3, 0.4) is 0 Å². The lowest BCUT2D eigenvalue weighted by Gasteiger charge is -2.26. The fourth-order valence-corrected chi connectivity index (χ4v) is 3.46. The molecular formula is C21H21F3N6O2. The fraction of sp³-hybridized carbons (Fsp3) is 0.333. The zero-order valence-electron chi connectivity index (χ0n) is 17.5. The van der Waals surface area contributed by atoms with Crippen LogP contribution in [0.5, 0.6) is 0 Å². The molecule has 4 rings (SSSR count). The van der Waals surface area contributed by atoms with E-state index < -0.39 is 11.9 Å². The van der Waals surface area contributed by atoms with Gasteiger partial charge >= 0.3 is 6.18 Å². The minimum atomic E-state index is -4.56. The van der Waals surface area contributed by atoms with Crippen molar-refractivity contribution in [3.8, 4) is 5.69 Å². The minimum Gasteiger partial charge on any atom is -0.332 e. The summed E-state index contributed by atoms with van der Waals surface area (Å²) in [5.41, 5.74) is 0.871. The molecule has 1 amide bonds. The first-order valence-electron chi connectivity index (χ1n) is 9.97. The summed E-state index contributed by atoms with van der Waals surface area (Å²) in [7, 11) is 0. The molecule has 1 aromatic carbocycles. The summed E-state index contributed by atoms with van der Waals surface area (Å²) in [6.45, 7) is 4.20. The summed E-state index contributed by atoms with van der Waals surface area (Å²) in [6, 6.07) is 8.72. The number of alkyl halides is 3. The van der Waals surface area contributed by atoms with Crippen molar-refractivity contribution in [2.24, 2.45) is 0 Å². The quantitative estimate of drug-likeness (QED) is 0.615. The Hall–Kier alpha value is -3.47. The molecule has 1 aliphatic rings. The van der Waals surface area contributed by atoms with Crippen LogP contribution in [0, 0.1) is 6.92 Å². The number of anilines is 1. The maximum Gasteiger partial charge on any atom is 0.433 e. The first kappa shape index (κ1) is 21.8. The second kappa shape index (κ2) is 8.58. The molecule has 8 nitrogen and oxygen atoms in total. The number of amides is 1. The number of hydroxylamine groups is 1. The van der Waals surface area contributed by atoms with Crippen LogP contribution >= 0.6 is 0 Å². The molecule has 0 radical (unpaired) electrons. The van der Waals surface area contributed by atoms with Crippen molar-refractivity contribution in [3.63, 3.8) is 0 Å². The minimum absolute atomic E-state index is 0.0401. The van der Waals surface area contributed by atoms with Crippen molar-refractivity contribution in [1.29, 1.82) is 0 Å². The normalized spacial score (nSPS) is 17.3. The highest BCUT2D eigenvalue weighted by Crippen LogP contribution is 2.29. The number of hydrogen-bond donors (Lipinski definition) is 0. The maximum absolute atomic E-state index is 13.5. The highest BCUT2D eigenvalue weighted by molar-refractivity contribution is 5.98. The third-order valence-corrected chi connectivity index (χ3v) is 5.11. The highest BCUT2D eigenvalue weighted by atomic mass is 19.4. The number of rotatable bonds is 3. The molecule has 2 aromatic heterocycles. The van der Waals surface area contributed by atoms with Crippen LogP contribution in [0.4, 0.5) is 19.0 Å². The molecule has 1 atom stereocenters. The molecule has 0 aliphatic carbocycles. The van der Waals surface area contributed by atoms with Crippen LogP contribution in [0.25, 0.3) is 5.69 Å². The van der Waals surface area contributed by atoms with Crippen molar-refractivity contribution >= 4 is 11.7 Å². The van der Waals surface area contributed by atoms with E-state index in [1.807, 2.05) is 19.9 Å². The van der Waals surface area contributed by atoms with Crippen molar-refractivity contribution < 1.29 is 22.8 Å². The Bertz CT molecular complexity index is 1100. The molecule has 1 saturated heterocycles. The molecule has 0 saturated carbocycles. The van der Waals surface area contributed by atoms with Gasteiger partial charge in [0, 0.05) is 6.54 Å². The molecule has 1 aliphatic heterocycles. The van der Waals surface area contributed by atoms with E-state index in [0.717, 1.165) is 11.6 Å². The van der Waals surface area contributed by atoms with E-state index in [0.29, 0.717) is 11.3 Å². The van der Waals surface area contributed by atoms with Gasteiger partial charge in [0.05, 0.1) is 42.8 Å². The number of aromatic nitrogens is 4. The first-order chi connectivity index (χ1) is 15.2. The van der Waals surface area contributed by atoms with Gasteiger partial charge < -0.3 is 4.90 Å². The number of carbonyl (C=O) groups excluding carboxylic acids is 1. The van der Waals surface area contributed by atoms with Crippen molar-refractivity contribution in [1.82, 2.24) is 24.9 Å². The van der Waals surface area contributed by atoms with Gasteiger partial charge in [0.2, 0.25) is 0 Å². The van der Waals surface area contributed by atoms with E-state index >= 15 is 0 Å². The summed E-state index contributed by atoms with van der Waals surface area (Å²) in [5.74, 6) is -0.200. The van der Waals surface area contributed by atoms with Crippen LogP contribution in [0.15, 0.2) is 48.8 Å². The van der Waals surface area contributed by atoms with E-state index in [-0.39, 0.29) is 37.5 Å². The number of halogens is 3. The van der Waals surface area contributed by atoms with Gasteiger partial charge in [-0.2, -0.15) is 28.2 Å². The lowest BCUT2D eigenvalue weighted by Crippen LogP contribution is -2.41. The molecule has 11 heteroatoms. The zero-order chi connectivity index (χ0) is 22.9. The van der Waals surface area contributed by atoms with Gasteiger partial charge in [0.15, 0.2) is 5.82 Å². The van der Waals surface area contributed by atoms with E-state index in [9.17, 15) is 18.0 Å². The van der Waals surface area contributed by atoms with Crippen molar-refractivity contribution in [2.75, 3.05) is 24.8 Å². The molecule has 0 spiro atoms. The third-order valence-electron chi connectivity index (χ3n) is 5.11. The van der Waals surface area contributed by atoms with Gasteiger partial charge in [-0.05, 0) is 38.1 Å². The Labute approximate surface area is 182 Å². The topological polar surface area (TPSA) is 76.4 Å². The monoisotopic (exact) mass is 446 g/mol. The van der Waals surface area contributed by atoms with Gasteiger partial charge in [-0.25, -0.2) is 10.0 Å². The molecule has 32 heavy (non-hydrogen) atoms. The highest BCUT2D eigenvalue weighted by Gasteiger charge is 2.34. The fourth-order valence-electron chi connectivity index (χ4n) is 3.46. The number of nitrogens with zero attached hydrogens (tertiary/aromatic N) is 6. The first-order valence-corrected chi connectivity index (χ1v) is 9.97. The Balaban J connectivity index is 1.58. The number of benzene rings is 1. The van der Waals surface area contributed by atoms with Crippen LogP contribution in [-0.2, 0) is 11.0 Å². The number of carbonyl (C=O) groups is 1. The predicted molar refractivity (Wildman–Crippen MR) is 109 cm³/mol. The lowest BCUT2D eigenvalue weighted by molar-refractivity contribution is -0.141. The molecule has 3 heterocycles. The molecule has 3 aromatic rings. The predicted octanol–water partition coefficient (Wildman–Crippen LogP) is 3.27. The van der Waals surface area contributed by atoms with E-state index in [2.05, 4.69) is 15.2 Å². The summed E-state index contributed by atoms with van der Waals surface area (Å²) >= 11 is 0. The van der Waals surface area contributed by atoms with Gasteiger partial charge in [-0.1, -0.05) is 17.7 Å². The molecule has 0 bridgehead atoms. The molecule has 0 N–H and O–H groups in total. The number of aryl methyl sites for hydroxylation is 1. The molecular weight excluding hydrogens is 425 g/mol. The molecule has 168 valence electrons. The van der Waals surface area contributed by atoms with E-state index in [4.69, 9.17) is 4.84 Å². The van der Waals surface area contributed by atoms with E-state index in [1.165, 1.54) is 34.4 Å². The largest absolute Gasteiger partial charge is 0.433 e. The smallest absolute Gasteiger partial charge is 0.332 e. The van der Waals surface area contributed by atoms with Crippen LogP contribution in [0.1, 0.15) is 28.5 Å². The summed E-state index contributed by atoms with van der Waals surface area (Å²) in [4.78, 5) is 25.9. The summed E-state index contributed by atoms with van der Waals surface area (Å²) in [5, 5.41) is 9.54. The lowest BCUT2D eigenvalue weighted by atomic mass is 10.1. The zero-order valence-corrected chi connectivity index (χ0v) is 17.5. The third kappa shape index (κ3) is 4.42. The summed E-state index contributed by atoms with van der Waals surface area (Å²) < 4.78 is 39.1. The summed E-state index contributed by atoms with van der Waals surface area (Å²) in [6.07, 6.45) is -1.51. The van der Waals surface area contributed by atoms with E-state index in [1.54, 1.807) is 17.0 Å². The maximum atomic E-state index is 13.5. The van der Waals surface area contributed by atoms with Gasteiger partial charge in [-0.3, -0.25) is 9.63 Å². The SMILES string of the molecule is Cc1ccc(-n2nccn2)c(C(=O)N2CCN(c3cccc(C(F)(F)F)n3)OC[C@H]2C)c1. The van der Waals surface area contributed by atoms with Crippen molar-refractivity contribution in [3.05, 3.63) is 65.6 Å². The van der Waals surface area contributed by atoms with Crippen LogP contribution < -0.4 is 5.06 Å². The Kier molecular flexibility index (Phi) is 5.83. The van der Waals surface area contributed by atoms with Gasteiger partial charge in [-0.15, -0.1) is 0 Å². The Morgan fingerprint density at radius 2 is 1.88 bits per heavy atom. The number of pyridine rings is 1. The van der Waals surface area contributed by atoms with Gasteiger partial charge in [0.25, 0.3) is 5.91 Å². The molecule has 0 unspecified atom stereocenters. The number of hydrogen-bond acceptors (Lipinski definition) is 6. The van der Waals surface area contributed by atoms with Crippen molar-refractivity contribution in [2.45, 2.75) is 26.1 Å². The average Bonchev–Trinajstić information content (AvgIpc) is 3.22. The standard InChI is InChI=1S/C21H21F3N6O2/c1-14-6-7-17(30-25-8-9-26-30)16(12-14)20(31)28-10-11-29(32-13-15(28)2)19-5-3-4-18(27-19)21(22,23)24/h3-9,12,15H,10-11,13H2,1-2H3/t15-/m1/s1. The average molecular weight is 446 g/mol. The second-order valence-electron chi connectivity index (χ2n) is 7.46.